The third-order valence-electron chi connectivity index (χ3n) is 4.60. The molecule has 148 valence electrons. The number of aryl methyl sites for hydroxylation is 1. The zero-order chi connectivity index (χ0) is 20.2. The van der Waals surface area contributed by atoms with Gasteiger partial charge in [-0.25, -0.2) is 0 Å². The molecule has 1 aliphatic rings. The molecular weight excluding hydrogens is 406 g/mol. The fraction of sp³-hybridized carbons (Fsp3) is 0.182. The molecule has 0 saturated carbocycles. The molecule has 0 fully saturated rings. The van der Waals surface area contributed by atoms with E-state index >= 15 is 0 Å². The third kappa shape index (κ3) is 4.78. The Bertz CT molecular complexity index is 1030. The number of anilines is 1. The van der Waals surface area contributed by atoms with Crippen LogP contribution >= 0.6 is 23.8 Å². The highest BCUT2D eigenvalue weighted by Gasteiger charge is 2.17. The Balaban J connectivity index is 1.55. The quantitative estimate of drug-likeness (QED) is 0.569. The number of hydrogen-bond acceptors (Lipinski definition) is 4. The summed E-state index contributed by atoms with van der Waals surface area (Å²) in [6.07, 6.45) is 1.78. The van der Waals surface area contributed by atoms with Crippen molar-refractivity contribution in [2.75, 3.05) is 12.1 Å². The molecule has 2 aromatic carbocycles. The van der Waals surface area contributed by atoms with Crippen molar-refractivity contribution < 1.29 is 9.47 Å². The smallest absolute Gasteiger partial charge is 0.231 e. The number of hydrogen-bond donors (Lipinski definition) is 1. The molecule has 1 N–H and O–H groups in total. The first-order valence-electron chi connectivity index (χ1n) is 9.19. The first-order chi connectivity index (χ1) is 14.1. The third-order valence-corrected chi connectivity index (χ3v) is 5.37. The average molecular weight is 426 g/mol. The van der Waals surface area contributed by atoms with Gasteiger partial charge >= 0.3 is 0 Å². The van der Waals surface area contributed by atoms with Gasteiger partial charge < -0.3 is 19.7 Å². The normalized spacial score (nSPS) is 11.9. The van der Waals surface area contributed by atoms with Gasteiger partial charge in [-0.2, -0.15) is 0 Å². The average Bonchev–Trinajstić information content (AvgIpc) is 3.19. The summed E-state index contributed by atoms with van der Waals surface area (Å²) < 4.78 is 10.9. The lowest BCUT2D eigenvalue weighted by Crippen LogP contribution is -2.34. The summed E-state index contributed by atoms with van der Waals surface area (Å²) in [7, 11) is 0. The maximum absolute atomic E-state index is 6.26. The Labute approximate surface area is 180 Å². The second-order valence-corrected chi connectivity index (χ2v) is 7.55. The number of pyridine rings is 1. The predicted octanol–water partition coefficient (Wildman–Crippen LogP) is 5.17. The van der Waals surface area contributed by atoms with Crippen LogP contribution in [0.15, 0.2) is 60.8 Å². The van der Waals surface area contributed by atoms with Gasteiger partial charge in [0.2, 0.25) is 6.79 Å². The molecule has 0 spiro atoms. The van der Waals surface area contributed by atoms with E-state index in [1.807, 2.05) is 61.5 Å². The number of nitrogens with one attached hydrogen (secondary N) is 1. The Morgan fingerprint density at radius 3 is 2.76 bits per heavy atom. The molecule has 3 aromatic rings. The molecule has 0 radical (unpaired) electrons. The Kier molecular flexibility index (Phi) is 5.83. The summed E-state index contributed by atoms with van der Waals surface area (Å²) >= 11 is 12.0. The molecule has 4 rings (SSSR count). The summed E-state index contributed by atoms with van der Waals surface area (Å²) in [5.74, 6) is 1.52. The summed E-state index contributed by atoms with van der Waals surface area (Å²) in [6.45, 7) is 3.39. The van der Waals surface area contributed by atoms with Crippen LogP contribution < -0.4 is 14.8 Å². The number of benzene rings is 2. The number of thiocarbonyl (C=S) groups is 1. The van der Waals surface area contributed by atoms with Crippen LogP contribution in [-0.2, 0) is 13.1 Å². The SMILES string of the molecule is Cc1ccc(NC(=S)N(Cc2ccc3c(c2)OCO3)Cc2ccccn2)cc1Cl. The van der Waals surface area contributed by atoms with E-state index in [0.717, 1.165) is 34.0 Å². The predicted molar refractivity (Wildman–Crippen MR) is 118 cm³/mol. The van der Waals surface area contributed by atoms with Crippen molar-refractivity contribution in [2.24, 2.45) is 0 Å². The molecule has 0 amide bonds. The zero-order valence-electron chi connectivity index (χ0n) is 15.9. The van der Waals surface area contributed by atoms with Crippen molar-refractivity contribution in [3.8, 4) is 11.5 Å². The van der Waals surface area contributed by atoms with Gasteiger partial charge in [0.15, 0.2) is 16.6 Å². The zero-order valence-corrected chi connectivity index (χ0v) is 17.5. The van der Waals surface area contributed by atoms with Crippen molar-refractivity contribution in [2.45, 2.75) is 20.0 Å². The van der Waals surface area contributed by atoms with Gasteiger partial charge in [0.25, 0.3) is 0 Å². The lowest BCUT2D eigenvalue weighted by atomic mass is 10.2. The van der Waals surface area contributed by atoms with Crippen molar-refractivity contribution in [3.63, 3.8) is 0 Å². The van der Waals surface area contributed by atoms with E-state index in [9.17, 15) is 0 Å². The van der Waals surface area contributed by atoms with Gasteiger partial charge in [-0.05, 0) is 66.7 Å². The summed E-state index contributed by atoms with van der Waals surface area (Å²) in [4.78, 5) is 6.50. The number of fused-ring (bicyclic) bond motifs is 1. The molecule has 0 unspecified atom stereocenters. The minimum absolute atomic E-state index is 0.255. The van der Waals surface area contributed by atoms with E-state index in [-0.39, 0.29) is 6.79 Å². The van der Waals surface area contributed by atoms with Crippen LogP contribution in [0.5, 0.6) is 11.5 Å². The molecule has 2 heterocycles. The molecular formula is C22H20ClN3O2S. The van der Waals surface area contributed by atoms with Crippen LogP contribution in [0.2, 0.25) is 5.02 Å². The fourth-order valence-corrected chi connectivity index (χ4v) is 3.45. The van der Waals surface area contributed by atoms with E-state index in [1.165, 1.54) is 0 Å². The highest BCUT2D eigenvalue weighted by atomic mass is 35.5. The number of aromatic nitrogens is 1. The summed E-state index contributed by atoms with van der Waals surface area (Å²) in [5.41, 5.74) is 3.87. The van der Waals surface area contributed by atoms with Crippen molar-refractivity contribution in [1.29, 1.82) is 0 Å². The van der Waals surface area contributed by atoms with Crippen LogP contribution in [-0.4, -0.2) is 21.8 Å². The van der Waals surface area contributed by atoms with E-state index in [4.69, 9.17) is 33.3 Å². The second-order valence-electron chi connectivity index (χ2n) is 6.76. The second kappa shape index (κ2) is 8.68. The number of halogens is 1. The van der Waals surface area contributed by atoms with Gasteiger partial charge in [-0.15, -0.1) is 0 Å². The van der Waals surface area contributed by atoms with Crippen molar-refractivity contribution in [3.05, 3.63) is 82.6 Å². The first kappa shape index (κ1) is 19.5. The topological polar surface area (TPSA) is 46.6 Å². The molecule has 1 aromatic heterocycles. The minimum Gasteiger partial charge on any atom is -0.454 e. The molecule has 0 atom stereocenters. The highest BCUT2D eigenvalue weighted by molar-refractivity contribution is 7.80. The van der Waals surface area contributed by atoms with E-state index in [0.29, 0.717) is 23.2 Å². The fourth-order valence-electron chi connectivity index (χ4n) is 3.02. The Morgan fingerprint density at radius 2 is 1.97 bits per heavy atom. The van der Waals surface area contributed by atoms with E-state index in [2.05, 4.69) is 15.2 Å². The van der Waals surface area contributed by atoms with Crippen LogP contribution in [0.4, 0.5) is 5.69 Å². The van der Waals surface area contributed by atoms with Crippen LogP contribution in [0.1, 0.15) is 16.8 Å². The maximum Gasteiger partial charge on any atom is 0.231 e. The Hall–Kier alpha value is -2.83. The summed E-state index contributed by atoms with van der Waals surface area (Å²) in [5, 5.41) is 4.58. The standard InChI is InChI=1S/C22H20ClN3O2S/c1-15-5-7-17(11-19(15)23)25-22(29)26(13-18-4-2-3-9-24-18)12-16-6-8-20-21(10-16)28-14-27-20/h2-11H,12-14H2,1H3,(H,25,29). The largest absolute Gasteiger partial charge is 0.454 e. The molecule has 1 aliphatic heterocycles. The molecule has 5 nitrogen and oxygen atoms in total. The van der Waals surface area contributed by atoms with Gasteiger partial charge in [-0.3, -0.25) is 4.98 Å². The van der Waals surface area contributed by atoms with Gasteiger partial charge in [0.1, 0.15) is 0 Å². The van der Waals surface area contributed by atoms with Crippen molar-refractivity contribution >= 4 is 34.6 Å². The van der Waals surface area contributed by atoms with Gasteiger partial charge in [0, 0.05) is 23.5 Å². The van der Waals surface area contributed by atoms with Crippen molar-refractivity contribution in [1.82, 2.24) is 9.88 Å². The van der Waals surface area contributed by atoms with Gasteiger partial charge in [0.05, 0.1) is 12.2 Å². The molecule has 29 heavy (non-hydrogen) atoms. The maximum atomic E-state index is 6.26. The number of rotatable bonds is 5. The number of ether oxygens (including phenoxy) is 2. The van der Waals surface area contributed by atoms with E-state index in [1.54, 1.807) is 6.20 Å². The lowest BCUT2D eigenvalue weighted by Gasteiger charge is -2.26. The lowest BCUT2D eigenvalue weighted by molar-refractivity contribution is 0.174. The molecule has 0 bridgehead atoms. The summed E-state index contributed by atoms with van der Waals surface area (Å²) in [6, 6.07) is 17.6. The van der Waals surface area contributed by atoms with Crippen LogP contribution in [0.25, 0.3) is 0 Å². The van der Waals surface area contributed by atoms with Gasteiger partial charge in [-0.1, -0.05) is 29.8 Å². The van der Waals surface area contributed by atoms with Crippen LogP contribution in [0, 0.1) is 6.92 Å². The minimum atomic E-state index is 0.255. The molecule has 0 aliphatic carbocycles. The molecule has 0 saturated heterocycles. The Morgan fingerprint density at radius 1 is 1.10 bits per heavy atom. The number of nitrogens with zero attached hydrogens (tertiary/aromatic N) is 2. The monoisotopic (exact) mass is 425 g/mol. The van der Waals surface area contributed by atoms with Crippen LogP contribution in [0.3, 0.4) is 0 Å². The molecule has 7 heteroatoms. The van der Waals surface area contributed by atoms with E-state index < -0.39 is 0 Å². The highest BCUT2D eigenvalue weighted by Crippen LogP contribution is 2.33. The first-order valence-corrected chi connectivity index (χ1v) is 9.97.